The Labute approximate surface area is 118 Å². The van der Waals surface area contributed by atoms with Gasteiger partial charge in [0.05, 0.1) is 6.54 Å². The van der Waals surface area contributed by atoms with Gasteiger partial charge in [-0.2, -0.15) is 0 Å². The first-order valence-corrected chi connectivity index (χ1v) is 7.70. The van der Waals surface area contributed by atoms with Gasteiger partial charge in [0.25, 0.3) is 0 Å². The van der Waals surface area contributed by atoms with E-state index in [4.69, 9.17) is 4.42 Å². The Balaban J connectivity index is 1.69. The molecule has 2 bridgehead atoms. The van der Waals surface area contributed by atoms with Crippen molar-refractivity contribution in [3.8, 4) is 0 Å². The lowest BCUT2D eigenvalue weighted by molar-refractivity contribution is 0.119. The summed E-state index contributed by atoms with van der Waals surface area (Å²) in [4.78, 5) is 0. The van der Waals surface area contributed by atoms with Crippen molar-refractivity contribution in [3.63, 3.8) is 0 Å². The molecule has 2 aliphatic rings. The van der Waals surface area contributed by atoms with E-state index < -0.39 is 0 Å². The summed E-state index contributed by atoms with van der Waals surface area (Å²) in [6.07, 6.45) is 4.10. The maximum Gasteiger partial charge on any atom is 0.169 e. The van der Waals surface area contributed by atoms with Gasteiger partial charge in [-0.25, -0.2) is 0 Å². The van der Waals surface area contributed by atoms with Crippen LogP contribution in [-0.2, 0) is 6.54 Å². The zero-order chi connectivity index (χ0) is 13.0. The van der Waals surface area contributed by atoms with Crippen molar-refractivity contribution in [1.82, 2.24) is 5.32 Å². The highest BCUT2D eigenvalue weighted by atomic mass is 79.9. The lowest BCUT2D eigenvalue weighted by atomic mass is 9.69. The first kappa shape index (κ1) is 12.7. The van der Waals surface area contributed by atoms with Crippen molar-refractivity contribution in [2.24, 2.45) is 16.7 Å². The highest BCUT2D eigenvalue weighted by molar-refractivity contribution is 9.10. The summed E-state index contributed by atoms with van der Waals surface area (Å²) >= 11 is 3.35. The van der Waals surface area contributed by atoms with Crippen LogP contribution in [0.3, 0.4) is 0 Å². The number of halogens is 1. The van der Waals surface area contributed by atoms with Crippen LogP contribution in [0.4, 0.5) is 0 Å². The molecule has 3 heteroatoms. The Kier molecular flexibility index (Phi) is 2.91. The van der Waals surface area contributed by atoms with E-state index in [9.17, 15) is 0 Å². The minimum absolute atomic E-state index is 0.446. The summed E-state index contributed by atoms with van der Waals surface area (Å²) in [6, 6.07) is 4.64. The van der Waals surface area contributed by atoms with Gasteiger partial charge in [-0.15, -0.1) is 0 Å². The molecule has 100 valence electrons. The Bertz CT molecular complexity index is 453. The largest absolute Gasteiger partial charge is 0.453 e. The van der Waals surface area contributed by atoms with Gasteiger partial charge in [0.1, 0.15) is 5.76 Å². The Hall–Kier alpha value is -0.280. The highest BCUT2D eigenvalue weighted by Gasteiger charge is 2.60. The molecule has 2 fully saturated rings. The van der Waals surface area contributed by atoms with Crippen LogP contribution in [0.1, 0.15) is 45.8 Å². The number of furan rings is 1. The molecule has 2 nitrogen and oxygen atoms in total. The first-order chi connectivity index (χ1) is 8.43. The predicted octanol–water partition coefficient (Wildman–Crippen LogP) is 4.35. The summed E-state index contributed by atoms with van der Waals surface area (Å²) < 4.78 is 6.38. The summed E-state index contributed by atoms with van der Waals surface area (Å²) in [5, 5.41) is 3.72. The topological polar surface area (TPSA) is 25.2 Å². The quantitative estimate of drug-likeness (QED) is 0.898. The molecule has 18 heavy (non-hydrogen) atoms. The smallest absolute Gasteiger partial charge is 0.169 e. The van der Waals surface area contributed by atoms with Crippen molar-refractivity contribution in [3.05, 3.63) is 22.6 Å². The predicted molar refractivity (Wildman–Crippen MR) is 76.3 cm³/mol. The molecule has 3 atom stereocenters. The molecule has 0 amide bonds. The summed E-state index contributed by atoms with van der Waals surface area (Å²) in [6.45, 7) is 8.22. The molecular weight excluding hydrogens is 290 g/mol. The number of hydrogen-bond acceptors (Lipinski definition) is 2. The summed E-state index contributed by atoms with van der Waals surface area (Å²) in [7, 11) is 0. The van der Waals surface area contributed by atoms with Crippen LogP contribution in [0.2, 0.25) is 0 Å². The van der Waals surface area contributed by atoms with Crippen LogP contribution < -0.4 is 5.32 Å². The van der Waals surface area contributed by atoms with Crippen LogP contribution in [0.25, 0.3) is 0 Å². The molecule has 1 aromatic heterocycles. The van der Waals surface area contributed by atoms with Gasteiger partial charge in [0.15, 0.2) is 4.67 Å². The Morgan fingerprint density at radius 1 is 1.39 bits per heavy atom. The molecule has 3 unspecified atom stereocenters. The zero-order valence-corrected chi connectivity index (χ0v) is 13.0. The average Bonchev–Trinajstić information content (AvgIpc) is 2.87. The second-order valence-electron chi connectivity index (χ2n) is 6.75. The number of fused-ring (bicyclic) bond motifs is 2. The highest BCUT2D eigenvalue weighted by Crippen LogP contribution is 2.65. The van der Waals surface area contributed by atoms with E-state index in [0.717, 1.165) is 22.9 Å². The molecule has 2 aliphatic carbocycles. The van der Waals surface area contributed by atoms with Crippen LogP contribution in [-0.4, -0.2) is 6.04 Å². The normalized spacial score (nSPS) is 37.3. The summed E-state index contributed by atoms with van der Waals surface area (Å²) in [5.41, 5.74) is 0.926. The minimum Gasteiger partial charge on any atom is -0.453 e. The van der Waals surface area contributed by atoms with E-state index in [-0.39, 0.29) is 0 Å². The van der Waals surface area contributed by atoms with E-state index in [1.807, 2.05) is 12.1 Å². The van der Waals surface area contributed by atoms with E-state index in [1.54, 1.807) is 0 Å². The van der Waals surface area contributed by atoms with Gasteiger partial charge in [-0.3, -0.25) is 0 Å². The number of rotatable bonds is 3. The minimum atomic E-state index is 0.446. The van der Waals surface area contributed by atoms with Gasteiger partial charge in [0, 0.05) is 6.04 Å². The second kappa shape index (κ2) is 4.11. The van der Waals surface area contributed by atoms with Crippen molar-refractivity contribution < 1.29 is 4.42 Å². The van der Waals surface area contributed by atoms with Gasteiger partial charge >= 0.3 is 0 Å². The standard InChI is InChI=1S/C15H22BrNO/c1-14(2)10-6-7-15(14,3)12(8-10)17-9-11-4-5-13(16)18-11/h4-5,10,12,17H,6-9H2,1-3H3. The molecule has 0 aliphatic heterocycles. The average molecular weight is 312 g/mol. The molecule has 0 radical (unpaired) electrons. The molecule has 1 aromatic rings. The zero-order valence-electron chi connectivity index (χ0n) is 11.4. The molecule has 0 aromatic carbocycles. The molecule has 2 saturated carbocycles. The van der Waals surface area contributed by atoms with Crippen molar-refractivity contribution in [2.75, 3.05) is 0 Å². The van der Waals surface area contributed by atoms with Gasteiger partial charge in [-0.05, 0) is 64.1 Å². The molecule has 0 saturated heterocycles. The number of nitrogens with one attached hydrogen (secondary N) is 1. The third-order valence-corrected chi connectivity index (χ3v) is 6.37. The first-order valence-electron chi connectivity index (χ1n) is 6.91. The second-order valence-corrected chi connectivity index (χ2v) is 7.53. The molecule has 1 N–H and O–H groups in total. The van der Waals surface area contributed by atoms with E-state index in [1.165, 1.54) is 19.3 Å². The third kappa shape index (κ3) is 1.70. The Morgan fingerprint density at radius 3 is 2.67 bits per heavy atom. The molecule has 0 spiro atoms. The fourth-order valence-corrected chi connectivity index (χ4v) is 4.52. The fraction of sp³-hybridized carbons (Fsp3) is 0.733. The summed E-state index contributed by atoms with van der Waals surface area (Å²) in [5.74, 6) is 1.91. The fourth-order valence-electron chi connectivity index (χ4n) is 4.18. The van der Waals surface area contributed by atoms with Crippen LogP contribution >= 0.6 is 15.9 Å². The van der Waals surface area contributed by atoms with Crippen LogP contribution in [0, 0.1) is 16.7 Å². The maximum absolute atomic E-state index is 5.56. The lowest BCUT2D eigenvalue weighted by Gasteiger charge is -2.39. The van der Waals surface area contributed by atoms with Gasteiger partial charge in [0.2, 0.25) is 0 Å². The van der Waals surface area contributed by atoms with E-state index >= 15 is 0 Å². The van der Waals surface area contributed by atoms with Crippen molar-refractivity contribution in [1.29, 1.82) is 0 Å². The maximum atomic E-state index is 5.56. The van der Waals surface area contributed by atoms with Crippen molar-refractivity contribution in [2.45, 2.75) is 52.6 Å². The molecule has 1 heterocycles. The van der Waals surface area contributed by atoms with Crippen LogP contribution in [0.5, 0.6) is 0 Å². The number of hydrogen-bond donors (Lipinski definition) is 1. The van der Waals surface area contributed by atoms with E-state index in [2.05, 4.69) is 42.0 Å². The molecular formula is C15H22BrNO. The van der Waals surface area contributed by atoms with E-state index in [0.29, 0.717) is 16.9 Å². The van der Waals surface area contributed by atoms with Crippen molar-refractivity contribution >= 4 is 15.9 Å². The molecule has 3 rings (SSSR count). The van der Waals surface area contributed by atoms with Gasteiger partial charge < -0.3 is 9.73 Å². The van der Waals surface area contributed by atoms with Gasteiger partial charge in [-0.1, -0.05) is 20.8 Å². The SMILES string of the molecule is CC1(C)C2CCC1(C)C(NCc1ccc(Br)o1)C2. The monoisotopic (exact) mass is 311 g/mol. The van der Waals surface area contributed by atoms with Crippen LogP contribution in [0.15, 0.2) is 21.2 Å². The Morgan fingerprint density at radius 2 is 2.17 bits per heavy atom. The third-order valence-electron chi connectivity index (χ3n) is 5.95. The lowest BCUT2D eigenvalue weighted by Crippen LogP contribution is -2.44.